The maximum absolute atomic E-state index is 13.0. The monoisotopic (exact) mass is 454 g/mol. The number of aryl methyl sites for hydroxylation is 1. The van der Waals surface area contributed by atoms with Crippen LogP contribution in [0.5, 0.6) is 0 Å². The van der Waals surface area contributed by atoms with Gasteiger partial charge in [0.05, 0.1) is 22.5 Å². The lowest BCUT2D eigenvalue weighted by Gasteiger charge is -2.34. The summed E-state index contributed by atoms with van der Waals surface area (Å²) < 4.78 is 0. The Labute approximate surface area is 196 Å². The second-order valence-corrected chi connectivity index (χ2v) is 9.42. The largest absolute Gasteiger partial charge is 0.367 e. The minimum absolute atomic E-state index is 0.0793. The molecule has 0 aromatic carbocycles. The molecule has 1 aliphatic carbocycles. The number of aromatic nitrogens is 3. The number of carbonyl (C=O) groups excluding carboxylic acids is 2. The molecule has 2 aromatic heterocycles. The molecule has 1 aliphatic heterocycles. The molecule has 0 bridgehead atoms. The molecule has 0 spiro atoms. The number of rotatable bonds is 8. The Morgan fingerprint density at radius 2 is 1.94 bits per heavy atom. The highest BCUT2D eigenvalue weighted by molar-refractivity contribution is 5.92. The standard InChI is InChI=1S/C25H38N6O2/c1-3-30(4-2)25(33)18-9-8-16-31(17-18)22(32)13-12-20-23-21(29-28-20)14-15-26-24(23)27-19-10-6-5-7-11-19/h14-15,18-19H,3-13,16-17H2,1-2H3,(H,26,27)(H,28,29). The number of H-pyrrole nitrogens is 1. The van der Waals surface area contributed by atoms with E-state index < -0.39 is 0 Å². The quantitative estimate of drug-likeness (QED) is 0.634. The summed E-state index contributed by atoms with van der Waals surface area (Å²) in [5.41, 5.74) is 1.84. The molecular weight excluding hydrogens is 416 g/mol. The van der Waals surface area contributed by atoms with Crippen LogP contribution in [-0.4, -0.2) is 69.0 Å². The number of nitrogens with one attached hydrogen (secondary N) is 2. The summed E-state index contributed by atoms with van der Waals surface area (Å²) in [6.45, 7) is 6.72. The Morgan fingerprint density at radius 3 is 2.70 bits per heavy atom. The third-order valence-electron chi connectivity index (χ3n) is 7.27. The number of aromatic amines is 1. The van der Waals surface area contributed by atoms with Crippen LogP contribution in [0.1, 0.15) is 70.9 Å². The SMILES string of the molecule is CCN(CC)C(=O)C1CCCN(C(=O)CCc2n[nH]c3ccnc(NC4CCCCC4)c23)C1. The molecular formula is C25H38N6O2. The van der Waals surface area contributed by atoms with E-state index in [0.717, 1.165) is 54.9 Å². The fraction of sp³-hybridized carbons (Fsp3) is 0.680. The van der Waals surface area contributed by atoms with Crippen molar-refractivity contribution in [1.29, 1.82) is 0 Å². The molecule has 1 saturated carbocycles. The zero-order valence-electron chi connectivity index (χ0n) is 20.1. The molecule has 2 aromatic rings. The van der Waals surface area contributed by atoms with E-state index in [9.17, 15) is 9.59 Å². The summed E-state index contributed by atoms with van der Waals surface area (Å²) in [4.78, 5) is 34.2. The number of anilines is 1. The van der Waals surface area contributed by atoms with Crippen LogP contribution in [0.15, 0.2) is 12.3 Å². The van der Waals surface area contributed by atoms with Crippen LogP contribution in [0.4, 0.5) is 5.82 Å². The minimum atomic E-state index is -0.0793. The number of likely N-dealkylation sites (tertiary alicyclic amines) is 1. The van der Waals surface area contributed by atoms with Crippen molar-refractivity contribution >= 4 is 28.5 Å². The van der Waals surface area contributed by atoms with Crippen molar-refractivity contribution in [3.63, 3.8) is 0 Å². The molecule has 8 nitrogen and oxygen atoms in total. The molecule has 0 radical (unpaired) electrons. The third-order valence-corrected chi connectivity index (χ3v) is 7.27. The van der Waals surface area contributed by atoms with Gasteiger partial charge in [0, 0.05) is 51.3 Å². The van der Waals surface area contributed by atoms with Crippen molar-refractivity contribution in [2.45, 2.75) is 77.7 Å². The van der Waals surface area contributed by atoms with E-state index in [1.807, 2.05) is 29.7 Å². The Hall–Kier alpha value is -2.64. The molecule has 2 amide bonds. The van der Waals surface area contributed by atoms with Gasteiger partial charge in [-0.15, -0.1) is 0 Å². The summed E-state index contributed by atoms with van der Waals surface area (Å²) in [6, 6.07) is 2.39. The van der Waals surface area contributed by atoms with Crippen molar-refractivity contribution < 1.29 is 9.59 Å². The molecule has 2 aliphatic rings. The van der Waals surface area contributed by atoms with Crippen molar-refractivity contribution in [2.24, 2.45) is 5.92 Å². The van der Waals surface area contributed by atoms with Crippen LogP contribution in [0.3, 0.4) is 0 Å². The van der Waals surface area contributed by atoms with Crippen molar-refractivity contribution in [3.05, 3.63) is 18.0 Å². The fourth-order valence-corrected chi connectivity index (χ4v) is 5.34. The van der Waals surface area contributed by atoms with Crippen molar-refractivity contribution in [3.8, 4) is 0 Å². The molecule has 2 N–H and O–H groups in total. The van der Waals surface area contributed by atoms with Gasteiger partial charge in [0.15, 0.2) is 0 Å². The molecule has 180 valence electrons. The molecule has 2 fully saturated rings. The smallest absolute Gasteiger partial charge is 0.227 e. The number of hydrogen-bond donors (Lipinski definition) is 2. The fourth-order valence-electron chi connectivity index (χ4n) is 5.34. The highest BCUT2D eigenvalue weighted by atomic mass is 16.2. The van der Waals surface area contributed by atoms with Gasteiger partial charge in [-0.3, -0.25) is 14.7 Å². The summed E-state index contributed by atoms with van der Waals surface area (Å²) in [7, 11) is 0. The van der Waals surface area contributed by atoms with E-state index in [4.69, 9.17) is 0 Å². The van der Waals surface area contributed by atoms with Gasteiger partial charge in [0.25, 0.3) is 0 Å². The van der Waals surface area contributed by atoms with E-state index in [-0.39, 0.29) is 17.7 Å². The van der Waals surface area contributed by atoms with Gasteiger partial charge in [0.2, 0.25) is 11.8 Å². The first kappa shape index (κ1) is 23.5. The number of amides is 2. The molecule has 4 rings (SSSR count). The predicted molar refractivity (Wildman–Crippen MR) is 130 cm³/mol. The summed E-state index contributed by atoms with van der Waals surface area (Å²) in [5.74, 6) is 1.08. The second kappa shape index (κ2) is 11.0. The molecule has 1 saturated heterocycles. The number of fused-ring (bicyclic) bond motifs is 1. The van der Waals surface area contributed by atoms with Gasteiger partial charge >= 0.3 is 0 Å². The van der Waals surface area contributed by atoms with Crippen LogP contribution < -0.4 is 5.32 Å². The van der Waals surface area contributed by atoms with E-state index in [1.165, 1.54) is 32.1 Å². The van der Waals surface area contributed by atoms with Gasteiger partial charge in [-0.05, 0) is 45.6 Å². The Morgan fingerprint density at radius 1 is 1.15 bits per heavy atom. The molecule has 1 unspecified atom stereocenters. The lowest BCUT2D eigenvalue weighted by Crippen LogP contribution is -2.46. The van der Waals surface area contributed by atoms with Crippen LogP contribution in [-0.2, 0) is 16.0 Å². The molecule has 8 heteroatoms. The normalized spacial score (nSPS) is 19.6. The van der Waals surface area contributed by atoms with Gasteiger partial charge in [0.1, 0.15) is 5.82 Å². The number of hydrogen-bond acceptors (Lipinski definition) is 5. The number of piperidine rings is 1. The number of carbonyl (C=O) groups is 2. The Balaban J connectivity index is 1.40. The minimum Gasteiger partial charge on any atom is -0.367 e. The van der Waals surface area contributed by atoms with Gasteiger partial charge < -0.3 is 15.1 Å². The Kier molecular flexibility index (Phi) is 7.83. The number of nitrogens with zero attached hydrogens (tertiary/aromatic N) is 4. The van der Waals surface area contributed by atoms with E-state index in [1.54, 1.807) is 6.20 Å². The first-order valence-corrected chi connectivity index (χ1v) is 12.8. The van der Waals surface area contributed by atoms with Crippen LogP contribution >= 0.6 is 0 Å². The van der Waals surface area contributed by atoms with E-state index in [0.29, 0.717) is 25.4 Å². The summed E-state index contributed by atoms with van der Waals surface area (Å²) >= 11 is 0. The van der Waals surface area contributed by atoms with Crippen LogP contribution in [0, 0.1) is 5.92 Å². The highest BCUT2D eigenvalue weighted by Gasteiger charge is 2.30. The van der Waals surface area contributed by atoms with Gasteiger partial charge in [-0.2, -0.15) is 5.10 Å². The van der Waals surface area contributed by atoms with Crippen molar-refractivity contribution in [2.75, 3.05) is 31.5 Å². The lowest BCUT2D eigenvalue weighted by atomic mass is 9.95. The molecule has 1 atom stereocenters. The maximum Gasteiger partial charge on any atom is 0.227 e. The third kappa shape index (κ3) is 5.47. The van der Waals surface area contributed by atoms with E-state index in [2.05, 4.69) is 20.5 Å². The average molecular weight is 455 g/mol. The number of pyridine rings is 1. The molecule has 33 heavy (non-hydrogen) atoms. The Bertz CT molecular complexity index is 948. The predicted octanol–water partition coefficient (Wildman–Crippen LogP) is 3.74. The van der Waals surface area contributed by atoms with Gasteiger partial charge in [-0.25, -0.2) is 4.98 Å². The van der Waals surface area contributed by atoms with Crippen molar-refractivity contribution in [1.82, 2.24) is 25.0 Å². The van der Waals surface area contributed by atoms with Crippen LogP contribution in [0.25, 0.3) is 10.9 Å². The zero-order chi connectivity index (χ0) is 23.2. The van der Waals surface area contributed by atoms with Crippen LogP contribution in [0.2, 0.25) is 0 Å². The van der Waals surface area contributed by atoms with E-state index >= 15 is 0 Å². The lowest BCUT2D eigenvalue weighted by molar-refractivity contribution is -0.140. The first-order valence-electron chi connectivity index (χ1n) is 12.8. The maximum atomic E-state index is 13.0. The zero-order valence-corrected chi connectivity index (χ0v) is 20.1. The summed E-state index contributed by atoms with van der Waals surface area (Å²) in [6.07, 6.45) is 10.7. The first-order chi connectivity index (χ1) is 16.1. The average Bonchev–Trinajstić information content (AvgIpc) is 3.28. The van der Waals surface area contributed by atoms with Gasteiger partial charge in [-0.1, -0.05) is 19.3 Å². The second-order valence-electron chi connectivity index (χ2n) is 9.42. The molecule has 3 heterocycles. The highest BCUT2D eigenvalue weighted by Crippen LogP contribution is 2.28. The topological polar surface area (TPSA) is 94.2 Å². The summed E-state index contributed by atoms with van der Waals surface area (Å²) in [5, 5.41) is 12.3.